The standard InChI is InChI=1S/C22H29N3O2S/c1-18-4-3-5-20(16-18)23-22(28)25(11-10-24-12-14-27-15-13-24)17-19-6-8-21(26-2)9-7-19/h3-9,16H,10-15,17H2,1-2H3,(H,23,28). The molecule has 2 aromatic carbocycles. The topological polar surface area (TPSA) is 37.0 Å². The van der Waals surface area contributed by atoms with Crippen molar-refractivity contribution in [2.75, 3.05) is 51.8 Å². The number of methoxy groups -OCH3 is 1. The van der Waals surface area contributed by atoms with Crippen molar-refractivity contribution in [2.24, 2.45) is 0 Å². The number of hydrogen-bond acceptors (Lipinski definition) is 4. The highest BCUT2D eigenvalue weighted by Crippen LogP contribution is 2.15. The van der Waals surface area contributed by atoms with E-state index in [1.807, 2.05) is 24.3 Å². The molecule has 0 spiro atoms. The Hall–Kier alpha value is -2.15. The monoisotopic (exact) mass is 399 g/mol. The Morgan fingerprint density at radius 3 is 2.61 bits per heavy atom. The fourth-order valence-corrected chi connectivity index (χ4v) is 3.49. The van der Waals surface area contributed by atoms with E-state index in [0.29, 0.717) is 0 Å². The van der Waals surface area contributed by atoms with Gasteiger partial charge in [0.2, 0.25) is 0 Å². The molecule has 1 N–H and O–H groups in total. The predicted octanol–water partition coefficient (Wildman–Crippen LogP) is 3.53. The van der Waals surface area contributed by atoms with Crippen molar-refractivity contribution in [1.82, 2.24) is 9.80 Å². The number of aryl methyl sites for hydroxylation is 1. The summed E-state index contributed by atoms with van der Waals surface area (Å²) in [5.41, 5.74) is 3.44. The number of nitrogens with zero attached hydrogens (tertiary/aromatic N) is 2. The van der Waals surface area contributed by atoms with Crippen molar-refractivity contribution in [2.45, 2.75) is 13.5 Å². The Labute approximate surface area is 173 Å². The summed E-state index contributed by atoms with van der Waals surface area (Å²) in [6.45, 7) is 8.25. The third-order valence-electron chi connectivity index (χ3n) is 4.88. The Morgan fingerprint density at radius 1 is 1.18 bits per heavy atom. The molecule has 0 amide bonds. The van der Waals surface area contributed by atoms with Gasteiger partial charge in [0, 0.05) is 38.4 Å². The first kappa shape index (κ1) is 20.6. The molecule has 6 heteroatoms. The highest BCUT2D eigenvalue weighted by atomic mass is 32.1. The molecule has 0 radical (unpaired) electrons. The lowest BCUT2D eigenvalue weighted by molar-refractivity contribution is 0.0358. The van der Waals surface area contributed by atoms with Crippen LogP contribution in [0.25, 0.3) is 0 Å². The second-order valence-corrected chi connectivity index (χ2v) is 7.41. The molecule has 0 unspecified atom stereocenters. The van der Waals surface area contributed by atoms with Crippen LogP contribution in [0.2, 0.25) is 0 Å². The maximum absolute atomic E-state index is 5.76. The van der Waals surface area contributed by atoms with Gasteiger partial charge in [-0.2, -0.15) is 0 Å². The molecule has 0 aliphatic carbocycles. The molecule has 3 rings (SSSR count). The summed E-state index contributed by atoms with van der Waals surface area (Å²) in [5.74, 6) is 0.865. The van der Waals surface area contributed by atoms with E-state index in [2.05, 4.69) is 46.3 Å². The van der Waals surface area contributed by atoms with E-state index in [4.69, 9.17) is 21.7 Å². The molecular weight excluding hydrogens is 370 g/mol. The summed E-state index contributed by atoms with van der Waals surface area (Å²) in [5, 5.41) is 4.15. The zero-order valence-corrected chi connectivity index (χ0v) is 17.5. The Kier molecular flexibility index (Phi) is 7.65. The molecule has 0 atom stereocenters. The first-order chi connectivity index (χ1) is 13.6. The average molecular weight is 400 g/mol. The maximum atomic E-state index is 5.76. The van der Waals surface area contributed by atoms with Crippen molar-refractivity contribution in [1.29, 1.82) is 0 Å². The van der Waals surface area contributed by atoms with E-state index < -0.39 is 0 Å². The fourth-order valence-electron chi connectivity index (χ4n) is 3.22. The summed E-state index contributed by atoms with van der Waals surface area (Å²) in [6, 6.07) is 16.5. The molecule has 1 heterocycles. The van der Waals surface area contributed by atoms with E-state index in [9.17, 15) is 0 Å². The van der Waals surface area contributed by atoms with Crippen LogP contribution in [0, 0.1) is 6.92 Å². The van der Waals surface area contributed by atoms with Crippen LogP contribution in [0.1, 0.15) is 11.1 Å². The summed E-state index contributed by atoms with van der Waals surface area (Å²) in [4.78, 5) is 4.66. The molecule has 1 aliphatic heterocycles. The molecule has 0 saturated carbocycles. The summed E-state index contributed by atoms with van der Waals surface area (Å²) in [6.07, 6.45) is 0. The van der Waals surface area contributed by atoms with Crippen LogP contribution in [0.15, 0.2) is 48.5 Å². The number of thiocarbonyl (C=S) groups is 1. The van der Waals surface area contributed by atoms with Gasteiger partial charge in [-0.05, 0) is 54.5 Å². The smallest absolute Gasteiger partial charge is 0.173 e. The van der Waals surface area contributed by atoms with E-state index in [0.717, 1.165) is 62.5 Å². The largest absolute Gasteiger partial charge is 0.497 e. The van der Waals surface area contributed by atoms with Gasteiger partial charge in [0.05, 0.1) is 20.3 Å². The van der Waals surface area contributed by atoms with Crippen molar-refractivity contribution in [3.8, 4) is 5.75 Å². The van der Waals surface area contributed by atoms with Crippen LogP contribution < -0.4 is 10.1 Å². The summed E-state index contributed by atoms with van der Waals surface area (Å²) in [7, 11) is 1.69. The van der Waals surface area contributed by atoms with Gasteiger partial charge >= 0.3 is 0 Å². The fraction of sp³-hybridized carbons (Fsp3) is 0.409. The first-order valence-electron chi connectivity index (χ1n) is 9.69. The van der Waals surface area contributed by atoms with E-state index in [-0.39, 0.29) is 0 Å². The molecular formula is C22H29N3O2S. The van der Waals surface area contributed by atoms with Crippen molar-refractivity contribution in [3.63, 3.8) is 0 Å². The van der Waals surface area contributed by atoms with Gasteiger partial charge in [0.25, 0.3) is 0 Å². The minimum atomic E-state index is 0.745. The second-order valence-electron chi connectivity index (χ2n) is 7.02. The zero-order chi connectivity index (χ0) is 19.8. The van der Waals surface area contributed by atoms with E-state index >= 15 is 0 Å². The van der Waals surface area contributed by atoms with Crippen LogP contribution in [-0.2, 0) is 11.3 Å². The van der Waals surface area contributed by atoms with Crippen LogP contribution >= 0.6 is 12.2 Å². The Balaban J connectivity index is 1.67. The summed E-state index contributed by atoms with van der Waals surface area (Å²) < 4.78 is 10.7. The molecule has 1 aliphatic rings. The number of anilines is 1. The van der Waals surface area contributed by atoms with Crippen LogP contribution in [-0.4, -0.2) is 61.4 Å². The quantitative estimate of drug-likeness (QED) is 0.718. The molecule has 5 nitrogen and oxygen atoms in total. The lowest BCUT2D eigenvalue weighted by Crippen LogP contribution is -2.43. The average Bonchev–Trinajstić information content (AvgIpc) is 2.72. The highest BCUT2D eigenvalue weighted by Gasteiger charge is 2.15. The first-order valence-corrected chi connectivity index (χ1v) is 10.1. The lowest BCUT2D eigenvalue weighted by atomic mass is 10.2. The van der Waals surface area contributed by atoms with Crippen molar-refractivity contribution >= 4 is 23.0 Å². The highest BCUT2D eigenvalue weighted by molar-refractivity contribution is 7.80. The van der Waals surface area contributed by atoms with Gasteiger partial charge < -0.3 is 19.7 Å². The number of ether oxygens (including phenoxy) is 2. The number of morpholine rings is 1. The van der Waals surface area contributed by atoms with Gasteiger partial charge in [-0.15, -0.1) is 0 Å². The number of rotatable bonds is 7. The minimum absolute atomic E-state index is 0.745. The molecule has 0 aromatic heterocycles. The SMILES string of the molecule is COc1ccc(CN(CCN2CCOCC2)C(=S)Nc2cccc(C)c2)cc1. The normalized spacial score (nSPS) is 14.5. The minimum Gasteiger partial charge on any atom is -0.497 e. The maximum Gasteiger partial charge on any atom is 0.173 e. The number of nitrogens with one attached hydrogen (secondary N) is 1. The second kappa shape index (κ2) is 10.4. The van der Waals surface area contributed by atoms with Gasteiger partial charge in [0.15, 0.2) is 5.11 Å². The molecule has 1 fully saturated rings. The number of hydrogen-bond donors (Lipinski definition) is 1. The van der Waals surface area contributed by atoms with E-state index in [1.54, 1.807) is 7.11 Å². The van der Waals surface area contributed by atoms with Crippen LogP contribution in [0.4, 0.5) is 5.69 Å². The third kappa shape index (κ3) is 6.19. The van der Waals surface area contributed by atoms with Gasteiger partial charge in [-0.3, -0.25) is 4.90 Å². The van der Waals surface area contributed by atoms with Crippen molar-refractivity contribution in [3.05, 3.63) is 59.7 Å². The Morgan fingerprint density at radius 2 is 1.93 bits per heavy atom. The lowest BCUT2D eigenvalue weighted by Gasteiger charge is -2.31. The molecule has 1 saturated heterocycles. The molecule has 150 valence electrons. The van der Waals surface area contributed by atoms with Crippen LogP contribution in [0.5, 0.6) is 5.75 Å². The molecule has 0 bridgehead atoms. The van der Waals surface area contributed by atoms with Gasteiger partial charge in [-0.25, -0.2) is 0 Å². The van der Waals surface area contributed by atoms with Crippen molar-refractivity contribution < 1.29 is 9.47 Å². The third-order valence-corrected chi connectivity index (χ3v) is 5.24. The predicted molar refractivity (Wildman–Crippen MR) is 118 cm³/mol. The zero-order valence-electron chi connectivity index (χ0n) is 16.7. The van der Waals surface area contributed by atoms with Gasteiger partial charge in [-0.1, -0.05) is 24.3 Å². The Bertz CT molecular complexity index is 761. The molecule has 2 aromatic rings. The molecule has 28 heavy (non-hydrogen) atoms. The van der Waals surface area contributed by atoms with Crippen LogP contribution in [0.3, 0.4) is 0 Å². The number of benzene rings is 2. The summed E-state index contributed by atoms with van der Waals surface area (Å²) >= 11 is 5.76. The van der Waals surface area contributed by atoms with E-state index in [1.165, 1.54) is 11.1 Å². The van der Waals surface area contributed by atoms with Gasteiger partial charge in [0.1, 0.15) is 5.75 Å².